The molecule has 0 spiro atoms. The van der Waals surface area contributed by atoms with E-state index in [1.54, 1.807) is 12.1 Å². The van der Waals surface area contributed by atoms with Crippen molar-refractivity contribution in [3.8, 4) is 5.88 Å². The van der Waals surface area contributed by atoms with Crippen molar-refractivity contribution in [3.05, 3.63) is 51.6 Å². The van der Waals surface area contributed by atoms with Gasteiger partial charge in [-0.05, 0) is 24.1 Å². The third-order valence-electron chi connectivity index (χ3n) is 3.37. The van der Waals surface area contributed by atoms with Crippen molar-refractivity contribution in [2.75, 3.05) is 11.1 Å². The SMILES string of the molecule is C=C1CC(c2ccc(Cl)cc2Cl)c2c(O)nc(N)nc2N1. The minimum absolute atomic E-state index is 0.00518. The standard InChI is InChI=1S/C14H12Cl2N4O/c1-6-4-9(8-3-2-7(15)5-10(8)16)11-12(18-6)19-14(17)20-13(11)21/h2-3,5,9H,1,4H2,(H4,17,18,19,20,21). The maximum atomic E-state index is 10.1. The van der Waals surface area contributed by atoms with Gasteiger partial charge in [0.05, 0.1) is 5.56 Å². The van der Waals surface area contributed by atoms with Gasteiger partial charge in [0.25, 0.3) is 0 Å². The zero-order chi connectivity index (χ0) is 15.1. The van der Waals surface area contributed by atoms with Gasteiger partial charge in [0.2, 0.25) is 11.8 Å². The average molecular weight is 323 g/mol. The van der Waals surface area contributed by atoms with Crippen LogP contribution in [0.4, 0.5) is 11.8 Å². The summed E-state index contributed by atoms with van der Waals surface area (Å²) in [5, 5.41) is 14.2. The van der Waals surface area contributed by atoms with E-state index in [0.717, 1.165) is 11.3 Å². The summed E-state index contributed by atoms with van der Waals surface area (Å²) in [5.41, 5.74) is 7.71. The lowest BCUT2D eigenvalue weighted by Gasteiger charge is -2.28. The predicted molar refractivity (Wildman–Crippen MR) is 83.8 cm³/mol. The first-order valence-corrected chi connectivity index (χ1v) is 6.97. The summed E-state index contributed by atoms with van der Waals surface area (Å²) in [7, 11) is 0. The second kappa shape index (κ2) is 5.09. The Labute approximate surface area is 131 Å². The minimum Gasteiger partial charge on any atom is -0.493 e. The van der Waals surface area contributed by atoms with E-state index >= 15 is 0 Å². The molecule has 0 amide bonds. The molecule has 1 atom stereocenters. The van der Waals surface area contributed by atoms with Gasteiger partial charge in [-0.1, -0.05) is 35.8 Å². The van der Waals surface area contributed by atoms with Gasteiger partial charge in [-0.25, -0.2) is 0 Å². The number of aromatic nitrogens is 2. The molecule has 0 bridgehead atoms. The van der Waals surface area contributed by atoms with Crippen LogP contribution in [0.25, 0.3) is 0 Å². The Kier molecular flexibility index (Phi) is 3.39. The number of hydrogen-bond acceptors (Lipinski definition) is 5. The molecular formula is C14H12Cl2N4O. The third kappa shape index (κ3) is 2.50. The quantitative estimate of drug-likeness (QED) is 0.748. The van der Waals surface area contributed by atoms with Gasteiger partial charge in [0.1, 0.15) is 5.82 Å². The number of halogens is 2. The van der Waals surface area contributed by atoms with Crippen LogP contribution in [0.5, 0.6) is 5.88 Å². The first kappa shape index (κ1) is 14.0. The highest BCUT2D eigenvalue weighted by Crippen LogP contribution is 2.45. The van der Waals surface area contributed by atoms with Gasteiger partial charge < -0.3 is 16.2 Å². The molecular weight excluding hydrogens is 311 g/mol. The van der Waals surface area contributed by atoms with Crippen LogP contribution in [-0.4, -0.2) is 15.1 Å². The van der Waals surface area contributed by atoms with Crippen molar-refractivity contribution >= 4 is 35.0 Å². The number of aromatic hydroxyl groups is 1. The largest absolute Gasteiger partial charge is 0.493 e. The maximum Gasteiger partial charge on any atom is 0.225 e. The molecule has 1 unspecified atom stereocenters. The van der Waals surface area contributed by atoms with E-state index in [2.05, 4.69) is 21.9 Å². The lowest BCUT2D eigenvalue weighted by Crippen LogP contribution is -2.18. The molecule has 4 N–H and O–H groups in total. The number of fused-ring (bicyclic) bond motifs is 1. The first-order valence-electron chi connectivity index (χ1n) is 6.22. The maximum absolute atomic E-state index is 10.1. The molecule has 3 rings (SSSR count). The Morgan fingerprint density at radius 1 is 1.33 bits per heavy atom. The molecule has 108 valence electrons. The molecule has 21 heavy (non-hydrogen) atoms. The molecule has 0 aliphatic carbocycles. The fourth-order valence-corrected chi connectivity index (χ4v) is 3.05. The average Bonchev–Trinajstić information content (AvgIpc) is 2.36. The summed E-state index contributed by atoms with van der Waals surface area (Å²) < 4.78 is 0. The summed E-state index contributed by atoms with van der Waals surface area (Å²) in [6.45, 7) is 3.93. The second-order valence-corrected chi connectivity index (χ2v) is 5.66. The van der Waals surface area contributed by atoms with E-state index in [1.807, 2.05) is 6.07 Å². The van der Waals surface area contributed by atoms with E-state index < -0.39 is 0 Å². The van der Waals surface area contributed by atoms with Crippen LogP contribution in [-0.2, 0) is 0 Å². The molecule has 1 aromatic carbocycles. The Morgan fingerprint density at radius 3 is 2.81 bits per heavy atom. The number of hydrogen-bond donors (Lipinski definition) is 3. The highest BCUT2D eigenvalue weighted by Gasteiger charge is 2.30. The van der Waals surface area contributed by atoms with Crippen molar-refractivity contribution in [1.29, 1.82) is 0 Å². The highest BCUT2D eigenvalue weighted by molar-refractivity contribution is 6.35. The number of nitrogens with one attached hydrogen (secondary N) is 1. The Balaban J connectivity index is 2.19. The van der Waals surface area contributed by atoms with Crippen LogP contribution in [0.1, 0.15) is 23.5 Å². The molecule has 2 aromatic rings. The Morgan fingerprint density at radius 2 is 2.10 bits per heavy atom. The van der Waals surface area contributed by atoms with Crippen molar-refractivity contribution < 1.29 is 5.11 Å². The van der Waals surface area contributed by atoms with Crippen LogP contribution in [0.3, 0.4) is 0 Å². The van der Waals surface area contributed by atoms with Crippen LogP contribution in [0, 0.1) is 0 Å². The number of rotatable bonds is 1. The minimum atomic E-state index is -0.209. The first-order chi connectivity index (χ1) is 9.95. The normalized spacial score (nSPS) is 17.2. The van der Waals surface area contributed by atoms with E-state index in [1.165, 1.54) is 0 Å². The predicted octanol–water partition coefficient (Wildman–Crippen LogP) is 3.53. The summed E-state index contributed by atoms with van der Waals surface area (Å²) in [6, 6.07) is 5.24. The third-order valence-corrected chi connectivity index (χ3v) is 3.94. The van der Waals surface area contributed by atoms with Crippen LogP contribution < -0.4 is 11.1 Å². The molecule has 1 aliphatic heterocycles. The summed E-state index contributed by atoms with van der Waals surface area (Å²) in [6.07, 6.45) is 0.565. The molecule has 5 nitrogen and oxygen atoms in total. The molecule has 2 heterocycles. The fourth-order valence-electron chi connectivity index (χ4n) is 2.51. The Bertz CT molecular complexity index is 748. The van der Waals surface area contributed by atoms with E-state index in [9.17, 15) is 5.11 Å². The summed E-state index contributed by atoms with van der Waals surface area (Å²) in [5.74, 6) is 0.0781. The van der Waals surface area contributed by atoms with Gasteiger partial charge in [-0.3, -0.25) is 0 Å². The summed E-state index contributed by atoms with van der Waals surface area (Å²) in [4.78, 5) is 7.93. The fraction of sp³-hybridized carbons (Fsp3) is 0.143. The molecule has 0 fully saturated rings. The monoisotopic (exact) mass is 322 g/mol. The molecule has 0 saturated carbocycles. The zero-order valence-electron chi connectivity index (χ0n) is 10.9. The van der Waals surface area contributed by atoms with Crippen molar-refractivity contribution in [2.24, 2.45) is 0 Å². The van der Waals surface area contributed by atoms with Crippen molar-refractivity contribution in [1.82, 2.24) is 9.97 Å². The van der Waals surface area contributed by atoms with Crippen molar-refractivity contribution in [2.45, 2.75) is 12.3 Å². The van der Waals surface area contributed by atoms with Gasteiger partial charge in [0.15, 0.2) is 0 Å². The zero-order valence-corrected chi connectivity index (χ0v) is 12.4. The number of allylic oxidation sites excluding steroid dienone is 1. The van der Waals surface area contributed by atoms with E-state index in [4.69, 9.17) is 28.9 Å². The second-order valence-electron chi connectivity index (χ2n) is 4.82. The number of anilines is 2. The topological polar surface area (TPSA) is 84.1 Å². The molecule has 7 heteroatoms. The van der Waals surface area contributed by atoms with E-state index in [-0.39, 0.29) is 17.7 Å². The van der Waals surface area contributed by atoms with Gasteiger partial charge in [0, 0.05) is 21.7 Å². The van der Waals surface area contributed by atoms with Gasteiger partial charge in [-0.15, -0.1) is 0 Å². The van der Waals surface area contributed by atoms with Gasteiger partial charge in [-0.2, -0.15) is 9.97 Å². The highest BCUT2D eigenvalue weighted by atomic mass is 35.5. The molecule has 1 aromatic heterocycles. The smallest absolute Gasteiger partial charge is 0.225 e. The van der Waals surface area contributed by atoms with E-state index in [0.29, 0.717) is 27.8 Å². The number of benzene rings is 1. The van der Waals surface area contributed by atoms with Crippen LogP contribution >= 0.6 is 23.2 Å². The van der Waals surface area contributed by atoms with Gasteiger partial charge >= 0.3 is 0 Å². The Hall–Kier alpha value is -1.98. The number of nitrogen functional groups attached to an aromatic ring is 1. The number of nitrogens with zero attached hydrogens (tertiary/aromatic N) is 2. The lowest BCUT2D eigenvalue weighted by molar-refractivity contribution is 0.441. The molecule has 0 radical (unpaired) electrons. The molecule has 1 aliphatic rings. The lowest BCUT2D eigenvalue weighted by atomic mass is 9.85. The van der Waals surface area contributed by atoms with Crippen LogP contribution in [0.2, 0.25) is 10.0 Å². The number of nitrogens with two attached hydrogens (primary N) is 1. The summed E-state index contributed by atoms with van der Waals surface area (Å²) >= 11 is 12.2. The van der Waals surface area contributed by atoms with Crippen LogP contribution in [0.15, 0.2) is 30.5 Å². The van der Waals surface area contributed by atoms with Crippen molar-refractivity contribution in [3.63, 3.8) is 0 Å². The molecule has 0 saturated heterocycles.